The monoisotopic (exact) mass is 206 g/mol. The van der Waals surface area contributed by atoms with Gasteiger partial charge in [0.2, 0.25) is 0 Å². The predicted molar refractivity (Wildman–Crippen MR) is 64.9 cm³/mol. The zero-order valence-electron chi connectivity index (χ0n) is 10.1. The molecule has 0 aromatic carbocycles. The minimum absolute atomic E-state index is 0.693. The van der Waals surface area contributed by atoms with Gasteiger partial charge in [0.15, 0.2) is 0 Å². The summed E-state index contributed by atoms with van der Waals surface area (Å²) in [5, 5.41) is 0. The van der Waals surface area contributed by atoms with Gasteiger partial charge in [-0.1, -0.05) is 13.0 Å². The van der Waals surface area contributed by atoms with Gasteiger partial charge in [0.1, 0.15) is 0 Å². The first-order valence-corrected chi connectivity index (χ1v) is 5.83. The molecule has 0 saturated heterocycles. The Morgan fingerprint density at radius 3 is 2.87 bits per heavy atom. The quantitative estimate of drug-likeness (QED) is 0.711. The number of rotatable bonds is 6. The predicted octanol–water partition coefficient (Wildman–Crippen LogP) is 2.74. The lowest BCUT2D eigenvalue weighted by Crippen LogP contribution is -2.29. The van der Waals surface area contributed by atoms with Gasteiger partial charge in [0, 0.05) is 18.4 Å². The SMILES string of the molecule is CC[C@@H](C)N(C)CCCc1cccnc1. The van der Waals surface area contributed by atoms with E-state index < -0.39 is 0 Å². The summed E-state index contributed by atoms with van der Waals surface area (Å²) < 4.78 is 0. The highest BCUT2D eigenvalue weighted by atomic mass is 15.1. The summed E-state index contributed by atoms with van der Waals surface area (Å²) in [6, 6.07) is 4.85. The van der Waals surface area contributed by atoms with Crippen LogP contribution >= 0.6 is 0 Å². The molecule has 0 N–H and O–H groups in total. The van der Waals surface area contributed by atoms with Crippen LogP contribution in [-0.4, -0.2) is 29.5 Å². The van der Waals surface area contributed by atoms with E-state index in [1.165, 1.54) is 24.9 Å². The Morgan fingerprint density at radius 1 is 1.47 bits per heavy atom. The molecule has 0 aliphatic rings. The Morgan fingerprint density at radius 2 is 2.27 bits per heavy atom. The number of hydrogen-bond acceptors (Lipinski definition) is 2. The molecular weight excluding hydrogens is 184 g/mol. The van der Waals surface area contributed by atoms with Crippen molar-refractivity contribution in [3.63, 3.8) is 0 Å². The van der Waals surface area contributed by atoms with Gasteiger partial charge in [-0.05, 0) is 51.4 Å². The molecule has 15 heavy (non-hydrogen) atoms. The number of hydrogen-bond donors (Lipinski definition) is 0. The second-order valence-corrected chi connectivity index (χ2v) is 4.20. The summed E-state index contributed by atoms with van der Waals surface area (Å²) in [5.41, 5.74) is 1.34. The fourth-order valence-electron chi connectivity index (χ4n) is 1.61. The average Bonchev–Trinajstić information content (AvgIpc) is 2.29. The van der Waals surface area contributed by atoms with E-state index in [4.69, 9.17) is 0 Å². The van der Waals surface area contributed by atoms with E-state index in [2.05, 4.69) is 36.8 Å². The topological polar surface area (TPSA) is 16.1 Å². The lowest BCUT2D eigenvalue weighted by Gasteiger charge is -2.23. The van der Waals surface area contributed by atoms with Gasteiger partial charge in [-0.15, -0.1) is 0 Å². The molecule has 0 fully saturated rings. The van der Waals surface area contributed by atoms with Gasteiger partial charge in [-0.2, -0.15) is 0 Å². The van der Waals surface area contributed by atoms with Gasteiger partial charge in [-0.3, -0.25) is 4.98 Å². The molecule has 1 heterocycles. The summed E-state index contributed by atoms with van der Waals surface area (Å²) in [4.78, 5) is 6.55. The van der Waals surface area contributed by atoms with E-state index in [0.29, 0.717) is 6.04 Å². The Hall–Kier alpha value is -0.890. The Labute approximate surface area is 93.3 Å². The molecule has 0 amide bonds. The zero-order valence-corrected chi connectivity index (χ0v) is 10.1. The van der Waals surface area contributed by atoms with Gasteiger partial charge in [-0.25, -0.2) is 0 Å². The second-order valence-electron chi connectivity index (χ2n) is 4.20. The summed E-state index contributed by atoms with van der Waals surface area (Å²) in [7, 11) is 2.21. The van der Waals surface area contributed by atoms with Crippen molar-refractivity contribution in [3.05, 3.63) is 30.1 Å². The van der Waals surface area contributed by atoms with Gasteiger partial charge >= 0.3 is 0 Å². The van der Waals surface area contributed by atoms with E-state index in [9.17, 15) is 0 Å². The summed E-state index contributed by atoms with van der Waals surface area (Å²) in [6.07, 6.45) is 7.36. The zero-order chi connectivity index (χ0) is 11.1. The van der Waals surface area contributed by atoms with E-state index in [1.807, 2.05) is 18.5 Å². The molecule has 1 aromatic rings. The molecule has 2 nitrogen and oxygen atoms in total. The molecule has 1 rings (SSSR count). The molecule has 0 spiro atoms. The average molecular weight is 206 g/mol. The maximum Gasteiger partial charge on any atom is 0.0299 e. The lowest BCUT2D eigenvalue weighted by molar-refractivity contribution is 0.249. The highest BCUT2D eigenvalue weighted by molar-refractivity contribution is 5.08. The number of aromatic nitrogens is 1. The van der Waals surface area contributed by atoms with Crippen molar-refractivity contribution in [1.29, 1.82) is 0 Å². The van der Waals surface area contributed by atoms with Crippen molar-refractivity contribution in [2.75, 3.05) is 13.6 Å². The van der Waals surface area contributed by atoms with Gasteiger partial charge in [0.25, 0.3) is 0 Å². The van der Waals surface area contributed by atoms with Crippen molar-refractivity contribution in [2.24, 2.45) is 0 Å². The third-order valence-corrected chi connectivity index (χ3v) is 3.04. The van der Waals surface area contributed by atoms with Gasteiger partial charge < -0.3 is 4.90 Å². The molecule has 2 heteroatoms. The maximum absolute atomic E-state index is 4.12. The minimum Gasteiger partial charge on any atom is -0.304 e. The summed E-state index contributed by atoms with van der Waals surface area (Å²) >= 11 is 0. The molecule has 1 aromatic heterocycles. The molecule has 0 radical (unpaired) electrons. The van der Waals surface area contributed by atoms with E-state index >= 15 is 0 Å². The first-order chi connectivity index (χ1) is 7.24. The van der Waals surface area contributed by atoms with Crippen molar-refractivity contribution < 1.29 is 0 Å². The van der Waals surface area contributed by atoms with Crippen LogP contribution in [0.2, 0.25) is 0 Å². The van der Waals surface area contributed by atoms with Crippen LogP contribution in [-0.2, 0) is 6.42 Å². The van der Waals surface area contributed by atoms with Crippen LogP contribution in [0.15, 0.2) is 24.5 Å². The standard InChI is InChI=1S/C13H22N2/c1-4-12(2)15(3)10-6-8-13-7-5-9-14-11-13/h5,7,9,11-12H,4,6,8,10H2,1-3H3/t12-/m1/s1. The Balaban J connectivity index is 2.22. The first kappa shape index (κ1) is 12.2. The molecule has 0 bridgehead atoms. The molecule has 0 unspecified atom stereocenters. The highest BCUT2D eigenvalue weighted by Crippen LogP contribution is 2.04. The van der Waals surface area contributed by atoms with Crippen molar-refractivity contribution in [1.82, 2.24) is 9.88 Å². The smallest absolute Gasteiger partial charge is 0.0299 e. The Bertz CT molecular complexity index is 258. The van der Waals surface area contributed by atoms with E-state index in [0.717, 1.165) is 6.42 Å². The molecule has 0 aliphatic heterocycles. The minimum atomic E-state index is 0.693. The maximum atomic E-state index is 4.12. The lowest BCUT2D eigenvalue weighted by atomic mass is 10.1. The fourth-order valence-corrected chi connectivity index (χ4v) is 1.61. The van der Waals surface area contributed by atoms with Crippen LogP contribution in [0.3, 0.4) is 0 Å². The van der Waals surface area contributed by atoms with Crippen LogP contribution < -0.4 is 0 Å². The molecule has 84 valence electrons. The Kier molecular flexibility index (Phi) is 5.33. The summed E-state index contributed by atoms with van der Waals surface area (Å²) in [6.45, 7) is 5.69. The number of nitrogens with zero attached hydrogens (tertiary/aromatic N) is 2. The van der Waals surface area contributed by atoms with Crippen molar-refractivity contribution >= 4 is 0 Å². The second kappa shape index (κ2) is 6.57. The van der Waals surface area contributed by atoms with Crippen LogP contribution in [0.4, 0.5) is 0 Å². The van der Waals surface area contributed by atoms with Crippen molar-refractivity contribution in [2.45, 2.75) is 39.2 Å². The normalized spacial score (nSPS) is 13.1. The number of aryl methyl sites for hydroxylation is 1. The third kappa shape index (κ3) is 4.43. The molecule has 1 atom stereocenters. The first-order valence-electron chi connectivity index (χ1n) is 5.83. The van der Waals surface area contributed by atoms with Gasteiger partial charge in [0.05, 0.1) is 0 Å². The van der Waals surface area contributed by atoms with Crippen LogP contribution in [0.1, 0.15) is 32.3 Å². The summed E-state index contributed by atoms with van der Waals surface area (Å²) in [5.74, 6) is 0. The fraction of sp³-hybridized carbons (Fsp3) is 0.615. The largest absolute Gasteiger partial charge is 0.304 e. The van der Waals surface area contributed by atoms with Crippen LogP contribution in [0.5, 0.6) is 0 Å². The van der Waals surface area contributed by atoms with E-state index in [-0.39, 0.29) is 0 Å². The molecule has 0 saturated carbocycles. The third-order valence-electron chi connectivity index (χ3n) is 3.04. The molecular formula is C13H22N2. The van der Waals surface area contributed by atoms with Crippen molar-refractivity contribution in [3.8, 4) is 0 Å². The highest BCUT2D eigenvalue weighted by Gasteiger charge is 2.05. The van der Waals surface area contributed by atoms with Crippen LogP contribution in [0, 0.1) is 0 Å². The van der Waals surface area contributed by atoms with Crippen LogP contribution in [0.25, 0.3) is 0 Å². The molecule has 0 aliphatic carbocycles. The number of pyridine rings is 1. The van der Waals surface area contributed by atoms with E-state index in [1.54, 1.807) is 0 Å².